The van der Waals surface area contributed by atoms with Crippen LogP contribution in [0, 0.1) is 0 Å². The normalized spacial score (nSPS) is 15.6. The summed E-state index contributed by atoms with van der Waals surface area (Å²) in [6, 6.07) is 3.35. The lowest BCUT2D eigenvalue weighted by molar-refractivity contribution is 0.140. The van der Waals surface area contributed by atoms with Gasteiger partial charge in [0.05, 0.1) is 12.1 Å². The highest BCUT2D eigenvalue weighted by Gasteiger charge is 2.13. The highest BCUT2D eigenvalue weighted by atomic mass is 16.3. The average Bonchev–Trinajstić information content (AvgIpc) is 2.17. The molecule has 3 heteroatoms. The Morgan fingerprint density at radius 3 is 2.58 bits per heavy atom. The molecular formula is C9H14N2O. The third-order valence-corrected chi connectivity index (χ3v) is 1.92. The van der Waals surface area contributed by atoms with E-state index in [4.69, 9.17) is 5.73 Å². The van der Waals surface area contributed by atoms with Gasteiger partial charge in [-0.05, 0) is 24.1 Å². The fourth-order valence-corrected chi connectivity index (χ4v) is 1.06. The van der Waals surface area contributed by atoms with Gasteiger partial charge >= 0.3 is 0 Å². The van der Waals surface area contributed by atoms with E-state index < -0.39 is 6.10 Å². The number of aliphatic hydroxyl groups is 1. The molecule has 0 aromatic carbocycles. The second kappa shape index (κ2) is 4.18. The minimum Gasteiger partial charge on any atom is -0.391 e. The van der Waals surface area contributed by atoms with Crippen molar-refractivity contribution in [3.05, 3.63) is 30.1 Å². The number of nitrogens with zero attached hydrogens (tertiary/aromatic N) is 1. The number of nitrogens with two attached hydrogens (primary N) is 1. The maximum Gasteiger partial charge on any atom is 0.0730 e. The van der Waals surface area contributed by atoms with Crippen molar-refractivity contribution in [3.8, 4) is 0 Å². The lowest BCUT2D eigenvalue weighted by atomic mass is 10.0. The molecular weight excluding hydrogens is 152 g/mol. The average molecular weight is 166 g/mol. The second-order valence-corrected chi connectivity index (χ2v) is 2.78. The highest BCUT2D eigenvalue weighted by molar-refractivity contribution is 5.15. The molecule has 3 N–H and O–H groups in total. The van der Waals surface area contributed by atoms with E-state index in [2.05, 4.69) is 4.98 Å². The molecule has 66 valence electrons. The van der Waals surface area contributed by atoms with Crippen LogP contribution in [0.2, 0.25) is 0 Å². The Hall–Kier alpha value is -0.930. The van der Waals surface area contributed by atoms with Crippen LogP contribution in [0.4, 0.5) is 0 Å². The third-order valence-electron chi connectivity index (χ3n) is 1.92. The van der Waals surface area contributed by atoms with Crippen LogP contribution in [0.25, 0.3) is 0 Å². The fourth-order valence-electron chi connectivity index (χ4n) is 1.06. The zero-order chi connectivity index (χ0) is 8.97. The first kappa shape index (κ1) is 9.16. The van der Waals surface area contributed by atoms with Crippen LogP contribution in [0.3, 0.4) is 0 Å². The molecule has 0 saturated carbocycles. The zero-order valence-corrected chi connectivity index (χ0v) is 7.14. The summed E-state index contributed by atoms with van der Waals surface area (Å²) in [6.45, 7) is 1.91. The van der Waals surface area contributed by atoms with Crippen molar-refractivity contribution in [1.29, 1.82) is 0 Å². The smallest absolute Gasteiger partial charge is 0.0730 e. The van der Waals surface area contributed by atoms with E-state index in [9.17, 15) is 5.11 Å². The van der Waals surface area contributed by atoms with E-state index in [1.54, 1.807) is 12.4 Å². The summed E-state index contributed by atoms with van der Waals surface area (Å²) >= 11 is 0. The van der Waals surface area contributed by atoms with Crippen molar-refractivity contribution in [1.82, 2.24) is 4.98 Å². The van der Waals surface area contributed by atoms with Crippen molar-refractivity contribution < 1.29 is 5.11 Å². The summed E-state index contributed by atoms with van der Waals surface area (Å²) in [6.07, 6.45) is 3.56. The molecule has 0 spiro atoms. The first-order valence-electron chi connectivity index (χ1n) is 4.09. The Kier molecular flexibility index (Phi) is 3.19. The molecule has 1 rings (SSSR count). The SMILES string of the molecule is CC[C@H](O)[C@H](N)c1ccncc1. The van der Waals surface area contributed by atoms with Crippen LogP contribution < -0.4 is 5.73 Å². The molecule has 0 aliphatic rings. The minimum atomic E-state index is -0.465. The van der Waals surface area contributed by atoms with Gasteiger partial charge in [-0.1, -0.05) is 6.92 Å². The van der Waals surface area contributed by atoms with Crippen LogP contribution in [0.5, 0.6) is 0 Å². The Balaban J connectivity index is 2.71. The summed E-state index contributed by atoms with van der Waals surface area (Å²) in [5.74, 6) is 0. The molecule has 1 aromatic heterocycles. The lowest BCUT2D eigenvalue weighted by Gasteiger charge is -2.16. The van der Waals surface area contributed by atoms with Gasteiger partial charge < -0.3 is 10.8 Å². The quantitative estimate of drug-likeness (QED) is 0.700. The number of hydrogen-bond acceptors (Lipinski definition) is 3. The van der Waals surface area contributed by atoms with Crippen molar-refractivity contribution in [2.45, 2.75) is 25.5 Å². The van der Waals surface area contributed by atoms with Gasteiger partial charge in [-0.25, -0.2) is 0 Å². The topological polar surface area (TPSA) is 59.1 Å². The molecule has 0 aliphatic carbocycles. The van der Waals surface area contributed by atoms with Crippen molar-refractivity contribution >= 4 is 0 Å². The minimum absolute atomic E-state index is 0.294. The fraction of sp³-hybridized carbons (Fsp3) is 0.444. The standard InChI is InChI=1S/C9H14N2O/c1-2-8(12)9(10)7-3-5-11-6-4-7/h3-6,8-9,12H,2,10H2,1H3/t8-,9+/m0/s1. The number of aromatic nitrogens is 1. The molecule has 0 amide bonds. The molecule has 12 heavy (non-hydrogen) atoms. The van der Waals surface area contributed by atoms with Gasteiger partial charge in [0.15, 0.2) is 0 Å². The largest absolute Gasteiger partial charge is 0.391 e. The maximum atomic E-state index is 9.43. The number of hydrogen-bond donors (Lipinski definition) is 2. The van der Waals surface area contributed by atoms with Gasteiger partial charge in [0, 0.05) is 12.4 Å². The summed E-state index contributed by atoms with van der Waals surface area (Å²) in [4.78, 5) is 3.88. The molecule has 0 aliphatic heterocycles. The molecule has 1 aromatic rings. The first-order chi connectivity index (χ1) is 5.75. The summed E-state index contributed by atoms with van der Waals surface area (Å²) in [7, 11) is 0. The Morgan fingerprint density at radius 1 is 1.50 bits per heavy atom. The van der Waals surface area contributed by atoms with E-state index >= 15 is 0 Å². The van der Waals surface area contributed by atoms with Crippen LogP contribution in [-0.4, -0.2) is 16.2 Å². The second-order valence-electron chi connectivity index (χ2n) is 2.78. The predicted molar refractivity (Wildman–Crippen MR) is 47.5 cm³/mol. The van der Waals surface area contributed by atoms with Crippen LogP contribution in [0.15, 0.2) is 24.5 Å². The number of rotatable bonds is 3. The van der Waals surface area contributed by atoms with E-state index in [0.717, 1.165) is 5.56 Å². The number of aliphatic hydroxyl groups excluding tert-OH is 1. The van der Waals surface area contributed by atoms with Gasteiger partial charge in [0.25, 0.3) is 0 Å². The predicted octanol–water partition coefficient (Wildman–Crippen LogP) is 0.852. The lowest BCUT2D eigenvalue weighted by Crippen LogP contribution is -2.25. The number of pyridine rings is 1. The molecule has 0 saturated heterocycles. The molecule has 0 unspecified atom stereocenters. The van der Waals surface area contributed by atoms with E-state index in [1.807, 2.05) is 19.1 Å². The van der Waals surface area contributed by atoms with Gasteiger partial charge in [0.1, 0.15) is 0 Å². The van der Waals surface area contributed by atoms with E-state index in [0.29, 0.717) is 6.42 Å². The van der Waals surface area contributed by atoms with Gasteiger partial charge in [0.2, 0.25) is 0 Å². The van der Waals surface area contributed by atoms with Crippen LogP contribution >= 0.6 is 0 Å². The van der Waals surface area contributed by atoms with Crippen molar-refractivity contribution in [2.75, 3.05) is 0 Å². The van der Waals surface area contributed by atoms with Crippen LogP contribution in [-0.2, 0) is 0 Å². The molecule has 0 radical (unpaired) electrons. The maximum absolute atomic E-state index is 9.43. The van der Waals surface area contributed by atoms with Crippen molar-refractivity contribution in [2.24, 2.45) is 5.73 Å². The van der Waals surface area contributed by atoms with Crippen LogP contribution in [0.1, 0.15) is 24.9 Å². The summed E-state index contributed by atoms with van der Waals surface area (Å²) < 4.78 is 0. The van der Waals surface area contributed by atoms with Gasteiger partial charge in [-0.3, -0.25) is 4.98 Å². The Bertz CT molecular complexity index is 225. The molecule has 1 heterocycles. The first-order valence-corrected chi connectivity index (χ1v) is 4.09. The summed E-state index contributed by atoms with van der Waals surface area (Å²) in [5, 5.41) is 9.43. The van der Waals surface area contributed by atoms with Crippen molar-refractivity contribution in [3.63, 3.8) is 0 Å². The highest BCUT2D eigenvalue weighted by Crippen LogP contribution is 2.14. The molecule has 0 bridgehead atoms. The molecule has 3 nitrogen and oxygen atoms in total. The molecule has 0 fully saturated rings. The zero-order valence-electron chi connectivity index (χ0n) is 7.14. The summed E-state index contributed by atoms with van der Waals surface area (Å²) in [5.41, 5.74) is 6.70. The third kappa shape index (κ3) is 2.03. The Morgan fingerprint density at radius 2 is 2.08 bits per heavy atom. The van der Waals surface area contributed by atoms with Gasteiger partial charge in [-0.2, -0.15) is 0 Å². The Labute approximate surface area is 72.2 Å². The molecule has 2 atom stereocenters. The van der Waals surface area contributed by atoms with Gasteiger partial charge in [-0.15, -0.1) is 0 Å². The van der Waals surface area contributed by atoms with E-state index in [1.165, 1.54) is 0 Å². The monoisotopic (exact) mass is 166 g/mol. The van der Waals surface area contributed by atoms with E-state index in [-0.39, 0.29) is 6.04 Å².